The van der Waals surface area contributed by atoms with Crippen molar-refractivity contribution < 1.29 is 9.90 Å². The fraction of sp³-hybridized carbons (Fsp3) is 0.529. The summed E-state index contributed by atoms with van der Waals surface area (Å²) in [6.45, 7) is 5.42. The van der Waals surface area contributed by atoms with Crippen molar-refractivity contribution >= 4 is 5.91 Å². The summed E-state index contributed by atoms with van der Waals surface area (Å²) in [4.78, 5) is 14.7. The van der Waals surface area contributed by atoms with Gasteiger partial charge in [-0.15, -0.1) is 0 Å². The first-order valence-electron chi connectivity index (χ1n) is 7.40. The molecule has 112 valence electrons. The van der Waals surface area contributed by atoms with Crippen molar-refractivity contribution in [3.63, 3.8) is 0 Å². The smallest absolute Gasteiger partial charge is 0.232 e. The van der Waals surface area contributed by atoms with E-state index in [2.05, 4.69) is 6.07 Å². The van der Waals surface area contributed by atoms with Gasteiger partial charge in [-0.2, -0.15) is 5.26 Å². The highest BCUT2D eigenvalue weighted by Crippen LogP contribution is 2.28. The van der Waals surface area contributed by atoms with Gasteiger partial charge >= 0.3 is 0 Å². The Hall–Kier alpha value is -1.86. The summed E-state index contributed by atoms with van der Waals surface area (Å²) in [7, 11) is 0. The van der Waals surface area contributed by atoms with Gasteiger partial charge in [-0.3, -0.25) is 4.79 Å². The zero-order valence-corrected chi connectivity index (χ0v) is 12.7. The average Bonchev–Trinajstić information content (AvgIpc) is 2.54. The van der Waals surface area contributed by atoms with Gasteiger partial charge in [0.25, 0.3) is 0 Å². The van der Waals surface area contributed by atoms with Crippen molar-refractivity contribution in [3.05, 3.63) is 35.4 Å². The molecule has 1 aliphatic rings. The van der Waals surface area contributed by atoms with Crippen LogP contribution >= 0.6 is 0 Å². The summed E-state index contributed by atoms with van der Waals surface area (Å²) >= 11 is 0. The molecule has 1 aliphatic heterocycles. The molecule has 1 heterocycles. The maximum Gasteiger partial charge on any atom is 0.232 e. The molecule has 0 unspecified atom stereocenters. The Kier molecular flexibility index (Phi) is 4.64. The predicted molar refractivity (Wildman–Crippen MR) is 80.6 cm³/mol. The number of carbonyl (C=O) groups excluding carboxylic acids is 1. The number of likely N-dealkylation sites (tertiary alicyclic amines) is 1. The Morgan fingerprint density at radius 3 is 2.67 bits per heavy atom. The number of rotatable bonds is 3. The van der Waals surface area contributed by atoms with Gasteiger partial charge in [0.1, 0.15) is 0 Å². The predicted octanol–water partition coefficient (Wildman–Crippen LogP) is 2.07. The van der Waals surface area contributed by atoms with E-state index in [1.165, 1.54) is 0 Å². The summed E-state index contributed by atoms with van der Waals surface area (Å²) in [5, 5.41) is 18.2. The van der Waals surface area contributed by atoms with Crippen LogP contribution in [0.15, 0.2) is 24.3 Å². The van der Waals surface area contributed by atoms with Crippen molar-refractivity contribution in [2.24, 2.45) is 5.92 Å². The van der Waals surface area contributed by atoms with Crippen LogP contribution in [0.4, 0.5) is 0 Å². The minimum atomic E-state index is -0.640. The number of amides is 1. The van der Waals surface area contributed by atoms with E-state index in [4.69, 9.17) is 5.26 Å². The lowest BCUT2D eigenvalue weighted by Crippen LogP contribution is -2.47. The van der Waals surface area contributed by atoms with Crippen molar-refractivity contribution in [1.29, 1.82) is 5.26 Å². The number of hydrogen-bond donors (Lipinski definition) is 1. The molecule has 1 aromatic carbocycles. The number of hydrogen-bond acceptors (Lipinski definition) is 3. The van der Waals surface area contributed by atoms with E-state index < -0.39 is 5.41 Å². The highest BCUT2D eigenvalue weighted by Gasteiger charge is 2.35. The molecule has 4 nitrogen and oxygen atoms in total. The third-order valence-corrected chi connectivity index (χ3v) is 4.41. The van der Waals surface area contributed by atoms with Crippen LogP contribution in [0.1, 0.15) is 37.8 Å². The van der Waals surface area contributed by atoms with Crippen molar-refractivity contribution in [1.82, 2.24) is 4.90 Å². The van der Waals surface area contributed by atoms with Crippen molar-refractivity contribution in [2.75, 3.05) is 19.7 Å². The zero-order chi connectivity index (χ0) is 15.5. The molecule has 21 heavy (non-hydrogen) atoms. The number of nitriles is 1. The molecular formula is C17H22N2O2. The second kappa shape index (κ2) is 6.28. The molecule has 4 heteroatoms. The van der Waals surface area contributed by atoms with E-state index in [0.717, 1.165) is 18.4 Å². The SMILES string of the molecule is CC(C)(C(=O)N1CCC(CO)CC1)c1cccc(C#N)c1. The molecule has 1 amide bonds. The number of carbonyl (C=O) groups is 1. The number of aliphatic hydroxyl groups is 1. The summed E-state index contributed by atoms with van der Waals surface area (Å²) < 4.78 is 0. The largest absolute Gasteiger partial charge is 0.396 e. The van der Waals surface area contributed by atoms with Gasteiger partial charge in [-0.1, -0.05) is 12.1 Å². The standard InChI is InChI=1S/C17H22N2O2/c1-17(2,15-5-3-4-14(10-15)11-18)16(21)19-8-6-13(12-20)7-9-19/h3-5,10,13,20H,6-9,12H2,1-2H3. The van der Waals surface area contributed by atoms with Crippen LogP contribution in [0, 0.1) is 17.2 Å². The number of aliphatic hydroxyl groups excluding tert-OH is 1. The molecule has 0 saturated carbocycles. The van der Waals surface area contributed by atoms with E-state index in [1.807, 2.05) is 30.9 Å². The molecule has 2 rings (SSSR count). The molecule has 0 atom stereocenters. The van der Waals surface area contributed by atoms with E-state index in [0.29, 0.717) is 24.6 Å². The second-order valence-corrected chi connectivity index (χ2v) is 6.24. The molecule has 1 aromatic rings. The Morgan fingerprint density at radius 1 is 1.43 bits per heavy atom. The van der Waals surface area contributed by atoms with Crippen LogP contribution in [0.2, 0.25) is 0 Å². The summed E-state index contributed by atoms with van der Waals surface area (Å²) in [5.74, 6) is 0.410. The summed E-state index contributed by atoms with van der Waals surface area (Å²) in [5.41, 5.74) is 0.807. The lowest BCUT2D eigenvalue weighted by atomic mass is 9.81. The van der Waals surface area contributed by atoms with Crippen LogP contribution in [0.5, 0.6) is 0 Å². The van der Waals surface area contributed by atoms with E-state index in [-0.39, 0.29) is 12.5 Å². The third-order valence-electron chi connectivity index (χ3n) is 4.41. The lowest BCUT2D eigenvalue weighted by Gasteiger charge is -2.36. The molecule has 0 spiro atoms. The molecule has 0 aromatic heterocycles. The van der Waals surface area contributed by atoms with Gasteiger partial charge in [0.15, 0.2) is 0 Å². The molecule has 0 radical (unpaired) electrons. The first-order valence-corrected chi connectivity index (χ1v) is 7.40. The quantitative estimate of drug-likeness (QED) is 0.925. The summed E-state index contributed by atoms with van der Waals surface area (Å²) in [6.07, 6.45) is 1.72. The Balaban J connectivity index is 2.15. The lowest BCUT2D eigenvalue weighted by molar-refractivity contribution is -0.137. The van der Waals surface area contributed by atoms with Crippen molar-refractivity contribution in [3.8, 4) is 6.07 Å². The molecule has 1 fully saturated rings. The monoisotopic (exact) mass is 286 g/mol. The summed E-state index contributed by atoms with van der Waals surface area (Å²) in [6, 6.07) is 9.38. The molecular weight excluding hydrogens is 264 g/mol. The Bertz CT molecular complexity index is 552. The van der Waals surface area contributed by atoms with Gasteiger partial charge < -0.3 is 10.0 Å². The van der Waals surface area contributed by atoms with E-state index in [9.17, 15) is 9.90 Å². The van der Waals surface area contributed by atoms with Crippen LogP contribution in [0.3, 0.4) is 0 Å². The molecule has 0 bridgehead atoms. The molecule has 0 aliphatic carbocycles. The van der Waals surface area contributed by atoms with Gasteiger partial charge in [0.2, 0.25) is 5.91 Å². The topological polar surface area (TPSA) is 64.3 Å². The zero-order valence-electron chi connectivity index (χ0n) is 12.7. The van der Waals surface area contributed by atoms with Crippen LogP contribution in [-0.4, -0.2) is 35.6 Å². The van der Waals surface area contributed by atoms with Crippen LogP contribution < -0.4 is 0 Å². The maximum atomic E-state index is 12.8. The van der Waals surface area contributed by atoms with Gasteiger partial charge in [-0.05, 0) is 50.3 Å². The van der Waals surface area contributed by atoms with Gasteiger partial charge in [-0.25, -0.2) is 0 Å². The van der Waals surface area contributed by atoms with Gasteiger partial charge in [0, 0.05) is 19.7 Å². The second-order valence-electron chi connectivity index (χ2n) is 6.24. The Labute approximate surface area is 126 Å². The minimum absolute atomic E-state index is 0.0916. The molecule has 1 saturated heterocycles. The fourth-order valence-corrected chi connectivity index (χ4v) is 2.81. The fourth-order valence-electron chi connectivity index (χ4n) is 2.81. The first kappa shape index (κ1) is 15.5. The van der Waals surface area contributed by atoms with Crippen LogP contribution in [0.25, 0.3) is 0 Å². The van der Waals surface area contributed by atoms with Crippen LogP contribution in [-0.2, 0) is 10.2 Å². The number of benzene rings is 1. The molecule has 1 N–H and O–H groups in total. The third kappa shape index (κ3) is 3.25. The Morgan fingerprint density at radius 2 is 2.10 bits per heavy atom. The highest BCUT2D eigenvalue weighted by molar-refractivity contribution is 5.87. The average molecular weight is 286 g/mol. The minimum Gasteiger partial charge on any atom is -0.396 e. The van der Waals surface area contributed by atoms with Gasteiger partial charge in [0.05, 0.1) is 17.0 Å². The normalized spacial score (nSPS) is 16.6. The maximum absolute atomic E-state index is 12.8. The number of nitrogens with zero attached hydrogens (tertiary/aromatic N) is 2. The highest BCUT2D eigenvalue weighted by atomic mass is 16.3. The van der Waals surface area contributed by atoms with Crippen molar-refractivity contribution in [2.45, 2.75) is 32.1 Å². The first-order chi connectivity index (χ1) is 9.98. The van der Waals surface area contributed by atoms with E-state index in [1.54, 1.807) is 12.1 Å². The number of piperidine rings is 1. The van der Waals surface area contributed by atoms with E-state index >= 15 is 0 Å².